The maximum Gasteiger partial charge on any atom is 0.245 e. The predicted octanol–water partition coefficient (Wildman–Crippen LogP) is 9.14. The molecule has 60 heavy (non-hydrogen) atoms. The first kappa shape index (κ1) is 38.4. The van der Waals surface area contributed by atoms with Gasteiger partial charge in [-0.25, -0.2) is 9.97 Å². The van der Waals surface area contributed by atoms with Gasteiger partial charge in [-0.15, -0.1) is 0 Å². The Bertz CT molecular complexity index is 2210. The van der Waals surface area contributed by atoms with Crippen LogP contribution in [0.4, 0.5) is 0 Å². The number of hydrogen-bond donors (Lipinski definition) is 2. The van der Waals surface area contributed by atoms with Gasteiger partial charge in [0.25, 0.3) is 0 Å². The van der Waals surface area contributed by atoms with Gasteiger partial charge >= 0.3 is 0 Å². The van der Waals surface area contributed by atoms with Crippen LogP contribution in [-0.2, 0) is 9.59 Å². The number of aromatic amines is 2. The highest BCUT2D eigenvalue weighted by Crippen LogP contribution is 2.39. The molecule has 2 unspecified atom stereocenters. The van der Waals surface area contributed by atoms with Crippen LogP contribution in [0.1, 0.15) is 98.3 Å². The maximum atomic E-state index is 14.3. The molecule has 4 aliphatic rings. The minimum atomic E-state index is -0.250. The summed E-state index contributed by atoms with van der Waals surface area (Å²) < 4.78 is 0. The lowest BCUT2D eigenvalue weighted by Crippen LogP contribution is -2.42. The maximum absolute atomic E-state index is 14.3. The molecule has 4 atom stereocenters. The first-order valence-electron chi connectivity index (χ1n) is 22.1. The number of imidazole rings is 2. The van der Waals surface area contributed by atoms with Gasteiger partial charge in [0.2, 0.25) is 11.8 Å². The zero-order valence-corrected chi connectivity index (χ0v) is 34.3. The van der Waals surface area contributed by atoms with Crippen LogP contribution < -0.4 is 0 Å². The van der Waals surface area contributed by atoms with Crippen LogP contribution in [0.25, 0.3) is 33.6 Å². The van der Waals surface area contributed by atoms with Crippen LogP contribution >= 0.6 is 0 Å². The van der Waals surface area contributed by atoms with E-state index >= 15 is 0 Å². The Morgan fingerprint density at radius 1 is 0.467 bits per heavy atom. The van der Waals surface area contributed by atoms with Crippen LogP contribution in [0.15, 0.2) is 122 Å². The standard InChI is InChI=1S/C50H54N8O2/c59-49(45(55-27-7-8-28-55)39-13-3-1-4-14-39)57-31-11-17-43(57)47-51-33-41(53-47)37-23-19-35(20-24-37)36-21-25-38(26-22-36)42-34-52-48(54-42)44-18-12-32-58(44)50(60)46(56-29-9-10-30-56)40-15-5-2-6-16-40/h1-6,13-16,19-26,33-34,43-46H,7-12,17-18,27-32H2,(H,51,53)(H,52,54)/t43?,44?,45-,46-/m0/s1. The topological polar surface area (TPSA) is 104 Å². The first-order chi connectivity index (χ1) is 29.6. The minimum Gasteiger partial charge on any atom is -0.340 e. The molecular weight excluding hydrogens is 745 g/mol. The molecule has 6 heterocycles. The summed E-state index contributed by atoms with van der Waals surface area (Å²) in [4.78, 5) is 54.3. The van der Waals surface area contributed by atoms with Crippen molar-refractivity contribution in [3.05, 3.63) is 144 Å². The molecule has 10 nitrogen and oxygen atoms in total. The number of aromatic nitrogens is 4. The monoisotopic (exact) mass is 798 g/mol. The van der Waals surface area contributed by atoms with E-state index in [-0.39, 0.29) is 36.0 Å². The second-order valence-electron chi connectivity index (χ2n) is 17.0. The molecule has 0 aliphatic carbocycles. The fourth-order valence-electron chi connectivity index (χ4n) is 10.2. The van der Waals surface area contributed by atoms with Crippen molar-refractivity contribution in [2.24, 2.45) is 0 Å². The number of carbonyl (C=O) groups excluding carboxylic acids is 2. The molecule has 2 aromatic heterocycles. The quantitative estimate of drug-likeness (QED) is 0.136. The van der Waals surface area contributed by atoms with E-state index in [1.165, 1.54) is 0 Å². The van der Waals surface area contributed by atoms with Gasteiger partial charge in [-0.2, -0.15) is 0 Å². The van der Waals surface area contributed by atoms with Gasteiger partial charge in [-0.3, -0.25) is 19.4 Å². The Hall–Kier alpha value is -5.84. The lowest BCUT2D eigenvalue weighted by atomic mass is 10.0. The summed E-state index contributed by atoms with van der Waals surface area (Å²) in [7, 11) is 0. The summed E-state index contributed by atoms with van der Waals surface area (Å²) in [5.74, 6) is 2.08. The lowest BCUT2D eigenvalue weighted by molar-refractivity contribution is -0.138. The largest absolute Gasteiger partial charge is 0.340 e. The van der Waals surface area contributed by atoms with Gasteiger partial charge in [0.1, 0.15) is 23.7 Å². The molecule has 4 saturated heterocycles. The molecular formula is C50H54N8O2. The van der Waals surface area contributed by atoms with E-state index in [2.05, 4.69) is 102 Å². The molecule has 10 rings (SSSR count). The number of amides is 2. The molecule has 0 saturated carbocycles. The first-order valence-corrected chi connectivity index (χ1v) is 22.1. The van der Waals surface area contributed by atoms with Gasteiger partial charge < -0.3 is 19.8 Å². The van der Waals surface area contributed by atoms with E-state index < -0.39 is 0 Å². The van der Waals surface area contributed by atoms with Crippen molar-refractivity contribution < 1.29 is 9.59 Å². The van der Waals surface area contributed by atoms with Gasteiger partial charge in [-0.1, -0.05) is 109 Å². The number of nitrogens with one attached hydrogen (secondary N) is 2. The third-order valence-electron chi connectivity index (χ3n) is 13.3. The van der Waals surface area contributed by atoms with Crippen molar-refractivity contribution in [3.8, 4) is 33.6 Å². The van der Waals surface area contributed by atoms with Crippen LogP contribution in [-0.4, -0.2) is 90.6 Å². The van der Waals surface area contributed by atoms with Crippen LogP contribution in [0.3, 0.4) is 0 Å². The Morgan fingerprint density at radius 3 is 1.22 bits per heavy atom. The van der Waals surface area contributed by atoms with Crippen molar-refractivity contribution in [2.45, 2.75) is 75.5 Å². The second kappa shape index (κ2) is 17.0. The zero-order chi connectivity index (χ0) is 40.4. The Balaban J connectivity index is 0.805. The van der Waals surface area contributed by atoms with Crippen molar-refractivity contribution >= 4 is 11.8 Å². The Labute approximate surface area is 352 Å². The number of nitrogens with zero attached hydrogens (tertiary/aromatic N) is 6. The third-order valence-corrected chi connectivity index (χ3v) is 13.3. The summed E-state index contributed by atoms with van der Waals surface area (Å²) in [5, 5.41) is 0. The fraction of sp³-hybridized carbons (Fsp3) is 0.360. The summed E-state index contributed by atoms with van der Waals surface area (Å²) in [6.07, 6.45) is 12.1. The normalized spacial score (nSPS) is 20.9. The van der Waals surface area contributed by atoms with Gasteiger partial charge in [0.05, 0.1) is 35.9 Å². The van der Waals surface area contributed by atoms with Crippen molar-refractivity contribution in [1.82, 2.24) is 39.5 Å². The minimum absolute atomic E-state index is 0.0600. The third kappa shape index (κ3) is 7.58. The highest BCUT2D eigenvalue weighted by atomic mass is 16.2. The van der Waals surface area contributed by atoms with Gasteiger partial charge in [-0.05, 0) is 111 Å². The summed E-state index contributed by atoms with van der Waals surface area (Å²) in [6.45, 7) is 5.33. The van der Waals surface area contributed by atoms with Crippen molar-refractivity contribution in [1.29, 1.82) is 0 Å². The molecule has 0 radical (unpaired) electrons. The van der Waals surface area contributed by atoms with E-state index in [0.29, 0.717) is 0 Å². The zero-order valence-electron chi connectivity index (χ0n) is 34.3. The summed E-state index contributed by atoms with van der Waals surface area (Å²) in [5.41, 5.74) is 8.43. The number of benzene rings is 4. The van der Waals surface area contributed by atoms with E-state index in [0.717, 1.165) is 147 Å². The van der Waals surface area contributed by atoms with Crippen molar-refractivity contribution in [2.75, 3.05) is 39.3 Å². The number of rotatable bonds is 11. The highest BCUT2D eigenvalue weighted by molar-refractivity contribution is 5.85. The molecule has 10 heteroatoms. The molecule has 0 spiro atoms. The van der Waals surface area contributed by atoms with Crippen LogP contribution in [0.2, 0.25) is 0 Å². The molecule has 2 amide bonds. The van der Waals surface area contributed by atoms with Crippen LogP contribution in [0.5, 0.6) is 0 Å². The number of likely N-dealkylation sites (tertiary alicyclic amines) is 4. The molecule has 4 fully saturated rings. The number of hydrogen-bond acceptors (Lipinski definition) is 6. The fourth-order valence-corrected chi connectivity index (χ4v) is 10.2. The van der Waals surface area contributed by atoms with E-state index in [4.69, 9.17) is 9.97 Å². The average molecular weight is 799 g/mol. The van der Waals surface area contributed by atoms with Crippen LogP contribution in [0, 0.1) is 0 Å². The van der Waals surface area contributed by atoms with E-state index in [9.17, 15) is 9.59 Å². The van der Waals surface area contributed by atoms with E-state index in [1.807, 2.05) is 48.8 Å². The molecule has 6 aromatic rings. The SMILES string of the molecule is O=C([C@H](c1ccccc1)N1CCCC1)N1CCCC1c1ncc(-c2ccc(-c3ccc(-c4cnc(C5CCCN5C(=O)[C@H](c5ccccc5)N5CCCC5)[nH]4)cc3)cc2)[nH]1. The number of H-pyrrole nitrogens is 2. The van der Waals surface area contributed by atoms with Crippen molar-refractivity contribution in [3.63, 3.8) is 0 Å². The molecule has 0 bridgehead atoms. The Morgan fingerprint density at radius 2 is 0.833 bits per heavy atom. The molecule has 2 N–H and O–H groups in total. The smallest absolute Gasteiger partial charge is 0.245 e. The number of carbonyl (C=O) groups is 2. The second-order valence-corrected chi connectivity index (χ2v) is 17.0. The molecule has 306 valence electrons. The average Bonchev–Trinajstić information content (AvgIpc) is 4.16. The lowest BCUT2D eigenvalue weighted by Gasteiger charge is -2.33. The summed E-state index contributed by atoms with van der Waals surface area (Å²) in [6, 6.07) is 37.1. The molecule has 4 aromatic carbocycles. The van der Waals surface area contributed by atoms with Gasteiger partial charge in [0, 0.05) is 13.1 Å². The van der Waals surface area contributed by atoms with E-state index in [1.54, 1.807) is 0 Å². The highest BCUT2D eigenvalue weighted by Gasteiger charge is 2.41. The molecule has 4 aliphatic heterocycles. The Kier molecular flexibility index (Phi) is 10.9. The predicted molar refractivity (Wildman–Crippen MR) is 234 cm³/mol. The van der Waals surface area contributed by atoms with Gasteiger partial charge in [0.15, 0.2) is 0 Å². The summed E-state index contributed by atoms with van der Waals surface area (Å²) >= 11 is 0.